The molecule has 0 rings (SSSR count). The third-order valence-corrected chi connectivity index (χ3v) is 21.1. The summed E-state index contributed by atoms with van der Waals surface area (Å²) in [6.45, 7) is 60.2. The predicted molar refractivity (Wildman–Crippen MR) is 424 cm³/mol. The molecule has 650 valence electrons. The Morgan fingerprint density at radius 1 is 0.367 bits per heavy atom. The molecule has 0 aromatic heterocycles. The topological polar surface area (TPSA) is 429 Å². The summed E-state index contributed by atoms with van der Waals surface area (Å²) in [6, 6.07) is 0. The summed E-state index contributed by atoms with van der Waals surface area (Å²) >= 11 is 3.34. The summed E-state index contributed by atoms with van der Waals surface area (Å²) in [6.07, 6.45) is 5.46. The van der Waals surface area contributed by atoms with Crippen LogP contribution < -0.4 is 0 Å². The molecule has 0 aliphatic heterocycles. The fourth-order valence-corrected chi connectivity index (χ4v) is 6.08. The minimum absolute atomic E-state index is 0.0128. The molecule has 0 spiro atoms. The molecule has 0 aliphatic carbocycles. The van der Waals surface area contributed by atoms with Crippen LogP contribution in [0, 0.1) is 37.9 Å². The zero-order chi connectivity index (χ0) is 89.1. The number of aliphatic hydroxyl groups is 1. The summed E-state index contributed by atoms with van der Waals surface area (Å²) in [4.78, 5) is 121. The highest BCUT2D eigenvalue weighted by Gasteiger charge is 2.35. The van der Waals surface area contributed by atoms with Gasteiger partial charge in [0.05, 0.1) is 87.7 Å². The Hall–Kier alpha value is -5.41. The number of alkyl halides is 1. The number of ketones is 1. The van der Waals surface area contributed by atoms with E-state index in [2.05, 4.69) is 24.8 Å². The second kappa shape index (κ2) is 57.6. The average molecular weight is 1680 g/mol. The van der Waals surface area contributed by atoms with Crippen LogP contribution >= 0.6 is 15.9 Å². The van der Waals surface area contributed by atoms with Gasteiger partial charge in [0.15, 0.2) is 0 Å². The summed E-state index contributed by atoms with van der Waals surface area (Å²) < 4.78 is 98.1. The van der Waals surface area contributed by atoms with E-state index in [1.165, 1.54) is 35.0 Å². The lowest BCUT2D eigenvalue weighted by atomic mass is 9.90. The largest absolute Gasteiger partial charge is 0.481 e. The lowest BCUT2D eigenvalue weighted by molar-refractivity contribution is -0.166. The summed E-state index contributed by atoms with van der Waals surface area (Å²) in [5.41, 5.74) is -3.47. The highest BCUT2D eigenvalue weighted by Crippen LogP contribution is 2.28. The van der Waals surface area contributed by atoms with Crippen molar-refractivity contribution in [1.82, 2.24) is 0 Å². The third-order valence-electron chi connectivity index (χ3n) is 17.1. The fraction of sp³-hybridized carbons (Fsp3) is 0.857. The molecule has 0 amide bonds. The van der Waals surface area contributed by atoms with Crippen molar-refractivity contribution in [3.8, 4) is 0 Å². The smallest absolute Gasteiger partial charge is 0.313 e. The van der Waals surface area contributed by atoms with Crippen LogP contribution in [-0.4, -0.2) is 189 Å². The molecule has 0 aromatic rings. The van der Waals surface area contributed by atoms with E-state index < -0.39 is 80.7 Å². The predicted octanol–water partition coefficient (Wildman–Crippen LogP) is 15.0. The van der Waals surface area contributed by atoms with Gasteiger partial charge in [-0.3, -0.25) is 61.5 Å². The molecule has 0 aliphatic rings. The number of hydrogen-bond donors (Lipinski definition) is 4. The Kier molecular flexibility index (Phi) is 64.4. The number of carboxylic acid groups (broad SMARTS) is 2. The highest BCUT2D eigenvalue weighted by molar-refractivity contribution is 9.10. The maximum absolute atomic E-state index is 11.5. The quantitative estimate of drug-likeness (QED) is 0.00861. The molecule has 109 heavy (non-hydrogen) atoms. The van der Waals surface area contributed by atoms with E-state index in [1.54, 1.807) is 62.3 Å². The molecule has 0 aromatic carbocycles. The van der Waals surface area contributed by atoms with Crippen molar-refractivity contribution < 1.29 is 136 Å². The Labute approximate surface area is 664 Å². The first-order valence-corrected chi connectivity index (χ1v) is 40.4. The van der Waals surface area contributed by atoms with Crippen molar-refractivity contribution in [3.05, 3.63) is 0 Å². The molecule has 0 saturated heterocycles. The summed E-state index contributed by atoms with van der Waals surface area (Å²) in [5, 5.41) is 25.2. The second-order valence-corrected chi connectivity index (χ2v) is 38.3. The fourth-order valence-electron chi connectivity index (χ4n) is 4.75. The van der Waals surface area contributed by atoms with E-state index in [4.69, 9.17) is 57.8 Å². The van der Waals surface area contributed by atoms with E-state index in [-0.39, 0.29) is 121 Å². The van der Waals surface area contributed by atoms with Crippen LogP contribution in [0.1, 0.15) is 306 Å². The van der Waals surface area contributed by atoms with Gasteiger partial charge in [-0.15, -0.1) is 0 Å². The number of halogens is 1. The van der Waals surface area contributed by atoms with E-state index in [1.807, 2.05) is 145 Å². The SMILES string of the molecule is CCC(C)(C)C(=O)O.CCC(C)(C)C(=O)OC.CCC(C)(C)C(=O)OC(C)(C)C.CCC(C)(C)C(=O)OCCO.CCC(C)(C)C(=O)OCCOC(=O)CC(C)=O.CCC(C)(C)C(=O)OCCOC(=O)CCC(=O)O.CCC(C)(C)C(=O)OCCOC(C)(C)Br.CCC(C)(C)S(=O)(=O)O.CCC(C)(C)S(=O)(=O)OC. The summed E-state index contributed by atoms with van der Waals surface area (Å²) in [5.74, 6) is -4.54. The number of carbonyl (C=O) groups is 11. The number of carbonyl (C=O) groups excluding carboxylic acids is 9. The van der Waals surface area contributed by atoms with Crippen molar-refractivity contribution in [2.45, 2.75) is 325 Å². The van der Waals surface area contributed by atoms with Crippen LogP contribution in [0.3, 0.4) is 0 Å². The molecule has 32 heteroatoms. The number of esters is 8. The zero-order valence-electron chi connectivity index (χ0n) is 73.3. The van der Waals surface area contributed by atoms with Crippen LogP contribution in [0.5, 0.6) is 0 Å². The number of aliphatic carboxylic acids is 2. The Morgan fingerprint density at radius 3 is 0.853 bits per heavy atom. The Morgan fingerprint density at radius 2 is 0.651 bits per heavy atom. The van der Waals surface area contributed by atoms with Gasteiger partial charge in [0.25, 0.3) is 20.2 Å². The molecule has 0 fully saturated rings. The van der Waals surface area contributed by atoms with Gasteiger partial charge in [-0.25, -0.2) is 0 Å². The lowest BCUT2D eigenvalue weighted by Gasteiger charge is -2.27. The molecule has 0 unspecified atom stereocenters. The number of carboxylic acids is 2. The minimum atomic E-state index is -3.85. The average Bonchev–Trinajstić information content (AvgIpc) is 0.840. The highest BCUT2D eigenvalue weighted by atomic mass is 79.9. The third kappa shape index (κ3) is 64.8. The molecule has 0 bridgehead atoms. The van der Waals surface area contributed by atoms with Gasteiger partial charge in [0.1, 0.15) is 62.0 Å². The van der Waals surface area contributed by atoms with Crippen molar-refractivity contribution in [3.63, 3.8) is 0 Å². The van der Waals surface area contributed by atoms with Gasteiger partial charge < -0.3 is 58.0 Å². The van der Waals surface area contributed by atoms with Crippen molar-refractivity contribution in [2.75, 3.05) is 67.1 Å². The van der Waals surface area contributed by atoms with E-state index in [0.717, 1.165) is 25.7 Å². The van der Waals surface area contributed by atoms with E-state index in [0.29, 0.717) is 45.3 Å². The van der Waals surface area contributed by atoms with Gasteiger partial charge in [-0.2, -0.15) is 16.8 Å². The first kappa shape index (κ1) is 122. The maximum atomic E-state index is 11.5. The van der Waals surface area contributed by atoms with E-state index in [9.17, 15) is 69.6 Å². The molecular weight excluding hydrogens is 1530 g/mol. The number of aliphatic hydroxyl groups excluding tert-OH is 1. The summed E-state index contributed by atoms with van der Waals surface area (Å²) in [7, 11) is -4.60. The first-order valence-electron chi connectivity index (χ1n) is 36.7. The van der Waals surface area contributed by atoms with Crippen molar-refractivity contribution >= 4 is 102 Å². The number of ether oxygens (including phenoxy) is 9. The Balaban J connectivity index is -0.000000149. The normalized spacial score (nSPS) is 11.9. The van der Waals surface area contributed by atoms with Crippen LogP contribution in [-0.2, 0) is 120 Å². The molecule has 29 nitrogen and oxygen atoms in total. The monoisotopic (exact) mass is 1680 g/mol. The number of hydrogen-bond acceptors (Lipinski definition) is 26. The Bertz CT molecular complexity index is 2870. The van der Waals surface area contributed by atoms with Crippen molar-refractivity contribution in [1.29, 1.82) is 0 Å². The van der Waals surface area contributed by atoms with Gasteiger partial charge >= 0.3 is 59.7 Å². The van der Waals surface area contributed by atoms with Gasteiger partial charge in [0, 0.05) is 0 Å². The number of methoxy groups -OCH3 is 1. The van der Waals surface area contributed by atoms with E-state index >= 15 is 0 Å². The molecule has 0 heterocycles. The molecule has 4 N–H and O–H groups in total. The molecule has 0 radical (unpaired) electrons. The lowest BCUT2D eigenvalue weighted by Crippen LogP contribution is -2.33. The zero-order valence-corrected chi connectivity index (χ0v) is 76.6. The first-order chi connectivity index (χ1) is 48.7. The van der Waals surface area contributed by atoms with Gasteiger partial charge in [0.2, 0.25) is 0 Å². The van der Waals surface area contributed by atoms with Crippen LogP contribution in [0.15, 0.2) is 0 Å². The number of Topliss-reactive ketones (excluding diaryl/α,β-unsaturated/α-hetero) is 1. The van der Waals surface area contributed by atoms with Crippen LogP contribution in [0.25, 0.3) is 0 Å². The standard InChI is InChI=1S/C12H20O6.C12H20O5.C11H21BrO3.C10H20O2.C8H16O3.C7H14O2.C6H14O3S.C6H12O2.C5H12O3S/c1-4-12(2,3)11(16)18-8-7-17-10(15)6-5-9(13)14;1-5-12(3,4)11(15)17-7-6-16-10(14)8-9(2)13;1-6-10(2,3)9(13)14-7-8-15-11(4,5)12;1-7-10(5,6)8(11)12-9(2,3)4;1-4-8(2,3)7(10)11-6-5-9;1-5-7(2,3)6(8)9-4;1-5-6(2,3)10(7,8)9-4;1-4-6(2,3)5(7)8;1-4-5(2,3)9(6,7)8/h4-8H2,1-3H3,(H,13,14);5-8H2,1-4H3;6-8H2,1-5H3;7H2,1-6H3;9H,4-6H2,1-3H3;5H2,1-4H3;5H2,1-4H3;4H2,1-3H3,(H,7,8);4H2,1-3H3,(H,6,7,8). The van der Waals surface area contributed by atoms with Crippen molar-refractivity contribution in [2.24, 2.45) is 37.9 Å². The molecular formula is C77H149BrO29S2. The van der Waals surface area contributed by atoms with Gasteiger partial charge in [-0.1, -0.05) is 78.2 Å². The minimum Gasteiger partial charge on any atom is -0.481 e. The van der Waals surface area contributed by atoms with Crippen LogP contribution in [0.2, 0.25) is 0 Å². The molecule has 0 atom stereocenters. The van der Waals surface area contributed by atoms with Gasteiger partial charge in [-0.05, 0) is 224 Å². The molecule has 0 saturated carbocycles. The maximum Gasteiger partial charge on any atom is 0.313 e. The number of rotatable bonds is 36. The van der Waals surface area contributed by atoms with Crippen LogP contribution in [0.4, 0.5) is 0 Å². The second-order valence-electron chi connectivity index (χ2n) is 32.0.